The predicted octanol–water partition coefficient (Wildman–Crippen LogP) is 3.08. The lowest BCUT2D eigenvalue weighted by atomic mass is 10.2. The molecule has 14 heavy (non-hydrogen) atoms. The predicted molar refractivity (Wildman–Crippen MR) is 65.2 cm³/mol. The van der Waals surface area contributed by atoms with Crippen molar-refractivity contribution in [2.45, 2.75) is 0 Å². The molecule has 0 saturated carbocycles. The van der Waals surface area contributed by atoms with Gasteiger partial charge in [-0.2, -0.15) is 0 Å². The fourth-order valence-electron chi connectivity index (χ4n) is 1.44. The molecule has 1 aromatic carbocycles. The Hall–Kier alpha value is -1.34. The third kappa shape index (κ3) is 2.33. The number of nitrogens with zero attached hydrogens (tertiary/aromatic N) is 1. The van der Waals surface area contributed by atoms with Crippen molar-refractivity contribution in [2.24, 2.45) is 0 Å². The first-order valence-corrected chi connectivity index (χ1v) is 4.77. The number of hydrogen-bond acceptors (Lipinski definition) is 0. The zero-order valence-corrected chi connectivity index (χ0v) is 9.03. The maximum Gasteiger partial charge on any atom is 0.132 e. The lowest BCUT2D eigenvalue weighted by Gasteiger charge is -2.27. The van der Waals surface area contributed by atoms with E-state index in [-0.39, 0.29) is 0 Å². The first kappa shape index (κ1) is 10.7. The van der Waals surface area contributed by atoms with Gasteiger partial charge in [-0.15, -0.1) is 0 Å². The average molecular weight is 188 g/mol. The molecule has 1 heteroatoms. The highest BCUT2D eigenvalue weighted by Crippen LogP contribution is 2.19. The average Bonchev–Trinajstić information content (AvgIpc) is 2.18. The van der Waals surface area contributed by atoms with Crippen molar-refractivity contribution < 1.29 is 0 Å². The first-order chi connectivity index (χ1) is 6.60. The largest absolute Gasteiger partial charge is 0.293 e. The molecular formula is C13H18N+. The first-order valence-electron chi connectivity index (χ1n) is 4.77. The van der Waals surface area contributed by atoms with Crippen molar-refractivity contribution in [3.63, 3.8) is 0 Å². The Morgan fingerprint density at radius 3 is 2.14 bits per heavy atom. The van der Waals surface area contributed by atoms with Crippen LogP contribution in [-0.4, -0.2) is 20.6 Å². The van der Waals surface area contributed by atoms with Crippen LogP contribution in [0.1, 0.15) is 5.56 Å². The van der Waals surface area contributed by atoms with Crippen molar-refractivity contribution in [3.05, 3.63) is 49.1 Å². The molecule has 0 aromatic heterocycles. The molecule has 1 aromatic rings. The molecule has 0 aliphatic heterocycles. The van der Waals surface area contributed by atoms with E-state index < -0.39 is 0 Å². The summed E-state index contributed by atoms with van der Waals surface area (Å²) in [7, 11) is 4.34. The minimum Gasteiger partial charge on any atom is -0.293 e. The van der Waals surface area contributed by atoms with E-state index >= 15 is 0 Å². The molecule has 0 aliphatic rings. The zero-order valence-electron chi connectivity index (χ0n) is 9.03. The van der Waals surface area contributed by atoms with E-state index in [1.807, 2.05) is 12.2 Å². The van der Waals surface area contributed by atoms with Gasteiger partial charge in [0.05, 0.1) is 14.1 Å². The second kappa shape index (κ2) is 4.25. The van der Waals surface area contributed by atoms with Gasteiger partial charge in [-0.3, -0.25) is 4.48 Å². The monoisotopic (exact) mass is 188 g/mol. The van der Waals surface area contributed by atoms with Crippen LogP contribution in [0.25, 0.3) is 6.08 Å². The summed E-state index contributed by atoms with van der Waals surface area (Å²) in [5.41, 5.74) is 2.45. The Morgan fingerprint density at radius 2 is 1.71 bits per heavy atom. The molecule has 1 rings (SSSR count). The molecule has 74 valence electrons. The molecule has 0 unspecified atom stereocenters. The fourth-order valence-corrected chi connectivity index (χ4v) is 1.44. The number of quaternary nitrogens is 1. The Kier molecular flexibility index (Phi) is 3.26. The second-order valence-corrected chi connectivity index (χ2v) is 3.95. The minimum atomic E-state index is 0.834. The van der Waals surface area contributed by atoms with Gasteiger partial charge in [0.1, 0.15) is 12.2 Å². The molecule has 0 fully saturated rings. The highest BCUT2D eigenvalue weighted by atomic mass is 15.3. The van der Waals surface area contributed by atoms with E-state index in [1.165, 1.54) is 5.69 Å². The number of benzene rings is 1. The molecule has 0 aliphatic carbocycles. The smallest absolute Gasteiger partial charge is 0.132 e. The molecule has 0 amide bonds. The van der Waals surface area contributed by atoms with Gasteiger partial charge in [-0.1, -0.05) is 19.2 Å². The van der Waals surface area contributed by atoms with E-state index in [1.54, 1.807) is 0 Å². The summed E-state index contributed by atoms with van der Waals surface area (Å²) in [6, 6.07) is 8.46. The highest BCUT2D eigenvalue weighted by Gasteiger charge is 2.15. The van der Waals surface area contributed by atoms with Crippen LogP contribution in [0.15, 0.2) is 43.5 Å². The summed E-state index contributed by atoms with van der Waals surface area (Å²) in [5.74, 6) is 0. The topological polar surface area (TPSA) is 0 Å². The molecule has 0 radical (unpaired) electrons. The van der Waals surface area contributed by atoms with Gasteiger partial charge < -0.3 is 0 Å². The van der Waals surface area contributed by atoms with Crippen molar-refractivity contribution in [3.8, 4) is 0 Å². The number of likely N-dealkylation sites (N-methyl/N-ethyl adjacent to an activating group) is 1. The van der Waals surface area contributed by atoms with Gasteiger partial charge in [0.25, 0.3) is 0 Å². The fraction of sp³-hybridized carbons (Fsp3) is 0.231. The maximum atomic E-state index is 3.77. The molecule has 0 N–H and O–H groups in total. The van der Waals surface area contributed by atoms with E-state index in [0.717, 1.165) is 16.6 Å². The van der Waals surface area contributed by atoms with Gasteiger partial charge in [0.15, 0.2) is 0 Å². The van der Waals surface area contributed by atoms with Crippen molar-refractivity contribution in [1.29, 1.82) is 0 Å². The third-order valence-corrected chi connectivity index (χ3v) is 2.41. The number of hydrogen-bond donors (Lipinski definition) is 0. The van der Waals surface area contributed by atoms with E-state index in [9.17, 15) is 0 Å². The van der Waals surface area contributed by atoms with Crippen LogP contribution in [0.3, 0.4) is 0 Å². The SMILES string of the molecule is C=CC[N+](C)(C)c1ccc(C=C)cc1. The van der Waals surface area contributed by atoms with Crippen molar-refractivity contribution in [2.75, 3.05) is 20.6 Å². The summed E-state index contributed by atoms with van der Waals surface area (Å²) in [5, 5.41) is 0. The summed E-state index contributed by atoms with van der Waals surface area (Å²) in [4.78, 5) is 0. The lowest BCUT2D eigenvalue weighted by molar-refractivity contribution is 0.442. The standard InChI is InChI=1S/C13H18N/c1-5-11-14(3,4)13-9-7-12(6-2)8-10-13/h5-10H,1-2,11H2,3-4H3/q+1. The normalized spacial score (nSPS) is 11.0. The van der Waals surface area contributed by atoms with Gasteiger partial charge in [0, 0.05) is 0 Å². The molecule has 0 spiro atoms. The Bertz CT molecular complexity index is 320. The molecule has 0 saturated heterocycles. The van der Waals surface area contributed by atoms with E-state index in [4.69, 9.17) is 0 Å². The lowest BCUT2D eigenvalue weighted by Crippen LogP contribution is -2.40. The Balaban J connectivity index is 2.95. The summed E-state index contributed by atoms with van der Waals surface area (Å²) in [6.45, 7) is 8.45. The second-order valence-electron chi connectivity index (χ2n) is 3.95. The van der Waals surface area contributed by atoms with E-state index in [0.29, 0.717) is 0 Å². The molecule has 0 heterocycles. The van der Waals surface area contributed by atoms with Crippen molar-refractivity contribution in [1.82, 2.24) is 4.48 Å². The van der Waals surface area contributed by atoms with Gasteiger partial charge >= 0.3 is 0 Å². The highest BCUT2D eigenvalue weighted by molar-refractivity contribution is 5.53. The summed E-state index contributed by atoms with van der Waals surface area (Å²) >= 11 is 0. The van der Waals surface area contributed by atoms with Gasteiger partial charge in [-0.25, -0.2) is 0 Å². The molecule has 0 atom stereocenters. The molecular weight excluding hydrogens is 170 g/mol. The van der Waals surface area contributed by atoms with Crippen LogP contribution in [-0.2, 0) is 0 Å². The van der Waals surface area contributed by atoms with Crippen LogP contribution in [0, 0.1) is 0 Å². The summed E-state index contributed by atoms with van der Waals surface area (Å²) in [6.07, 6.45) is 3.80. The van der Waals surface area contributed by atoms with Crippen LogP contribution in [0.4, 0.5) is 5.69 Å². The van der Waals surface area contributed by atoms with Crippen LogP contribution >= 0.6 is 0 Å². The minimum absolute atomic E-state index is 0.834. The zero-order chi connectivity index (χ0) is 10.6. The molecule has 0 bridgehead atoms. The summed E-state index contributed by atoms with van der Waals surface area (Å²) < 4.78 is 0.834. The van der Waals surface area contributed by atoms with Crippen LogP contribution in [0.5, 0.6) is 0 Å². The van der Waals surface area contributed by atoms with Crippen molar-refractivity contribution >= 4 is 11.8 Å². The van der Waals surface area contributed by atoms with Crippen LogP contribution < -0.4 is 4.48 Å². The molecule has 1 nitrogen and oxygen atoms in total. The Labute approximate surface area is 86.6 Å². The number of rotatable bonds is 4. The van der Waals surface area contributed by atoms with Crippen LogP contribution in [0.2, 0.25) is 0 Å². The van der Waals surface area contributed by atoms with Gasteiger partial charge in [-0.05, 0) is 35.9 Å². The third-order valence-electron chi connectivity index (χ3n) is 2.41. The van der Waals surface area contributed by atoms with Gasteiger partial charge in [0.2, 0.25) is 0 Å². The van der Waals surface area contributed by atoms with E-state index in [2.05, 4.69) is 51.5 Å². The maximum absolute atomic E-state index is 3.77. The Morgan fingerprint density at radius 1 is 1.14 bits per heavy atom. The quantitative estimate of drug-likeness (QED) is 0.503.